The second-order valence-electron chi connectivity index (χ2n) is 5.65. The van der Waals surface area contributed by atoms with Gasteiger partial charge in [0.05, 0.1) is 6.10 Å². The number of nitrogens with two attached hydrogens (primary N) is 1. The molecule has 0 aromatic carbocycles. The van der Waals surface area contributed by atoms with Gasteiger partial charge in [0.2, 0.25) is 5.91 Å². The van der Waals surface area contributed by atoms with Crippen LogP contribution >= 0.6 is 0 Å². The van der Waals surface area contributed by atoms with Gasteiger partial charge in [-0.25, -0.2) is 0 Å². The van der Waals surface area contributed by atoms with E-state index in [1.165, 1.54) is 0 Å². The lowest BCUT2D eigenvalue weighted by Gasteiger charge is -2.30. The Morgan fingerprint density at radius 2 is 1.88 bits per heavy atom. The summed E-state index contributed by atoms with van der Waals surface area (Å²) >= 11 is 0. The molecule has 0 spiro atoms. The Hall–Kier alpha value is -0.610. The molecular weight excluding hydrogens is 216 g/mol. The van der Waals surface area contributed by atoms with Crippen molar-refractivity contribution in [1.82, 2.24) is 5.32 Å². The van der Waals surface area contributed by atoms with Crippen LogP contribution in [0.4, 0.5) is 0 Å². The highest BCUT2D eigenvalue weighted by Gasteiger charge is 2.28. The van der Waals surface area contributed by atoms with Gasteiger partial charge in [0.15, 0.2) is 0 Å². The molecule has 0 bridgehead atoms. The number of amides is 1. The predicted octanol–water partition coefficient (Wildman–Crippen LogP) is 0.924. The van der Waals surface area contributed by atoms with Crippen LogP contribution in [0.1, 0.15) is 51.4 Å². The third kappa shape index (κ3) is 3.68. The number of carbonyl (C=O) groups is 1. The minimum Gasteiger partial charge on any atom is -0.393 e. The Labute approximate surface area is 103 Å². The second kappa shape index (κ2) is 5.83. The molecule has 0 radical (unpaired) electrons. The fourth-order valence-corrected chi connectivity index (χ4v) is 3.08. The molecule has 2 saturated carbocycles. The molecule has 98 valence electrons. The van der Waals surface area contributed by atoms with Crippen LogP contribution < -0.4 is 11.1 Å². The predicted molar refractivity (Wildman–Crippen MR) is 66.3 cm³/mol. The first-order valence-corrected chi connectivity index (χ1v) is 6.89. The third-order valence-electron chi connectivity index (χ3n) is 4.08. The van der Waals surface area contributed by atoms with Gasteiger partial charge in [0.1, 0.15) is 0 Å². The minimum absolute atomic E-state index is 0.0952. The van der Waals surface area contributed by atoms with E-state index in [0.29, 0.717) is 6.42 Å². The third-order valence-corrected chi connectivity index (χ3v) is 4.08. The van der Waals surface area contributed by atoms with Crippen LogP contribution in [0.25, 0.3) is 0 Å². The molecule has 4 heteroatoms. The van der Waals surface area contributed by atoms with Crippen molar-refractivity contribution >= 4 is 5.91 Å². The summed E-state index contributed by atoms with van der Waals surface area (Å²) in [5.74, 6) is 0.247. The van der Waals surface area contributed by atoms with Gasteiger partial charge in [-0.2, -0.15) is 0 Å². The Morgan fingerprint density at radius 1 is 1.12 bits per heavy atom. The first kappa shape index (κ1) is 12.8. The maximum Gasteiger partial charge on any atom is 0.223 e. The van der Waals surface area contributed by atoms with E-state index >= 15 is 0 Å². The molecule has 17 heavy (non-hydrogen) atoms. The van der Waals surface area contributed by atoms with Gasteiger partial charge < -0.3 is 16.2 Å². The fraction of sp³-hybridized carbons (Fsp3) is 0.923. The zero-order valence-electron chi connectivity index (χ0n) is 10.4. The van der Waals surface area contributed by atoms with E-state index in [0.717, 1.165) is 44.9 Å². The number of nitrogens with one attached hydrogen (secondary N) is 1. The van der Waals surface area contributed by atoms with Crippen molar-refractivity contribution in [2.45, 2.75) is 69.6 Å². The topological polar surface area (TPSA) is 75.4 Å². The molecule has 0 aliphatic heterocycles. The zero-order chi connectivity index (χ0) is 12.3. The van der Waals surface area contributed by atoms with Gasteiger partial charge in [0, 0.05) is 18.0 Å². The number of carbonyl (C=O) groups excluding carboxylic acids is 1. The summed E-state index contributed by atoms with van der Waals surface area (Å²) in [6.07, 6.45) is 7.26. The van der Waals surface area contributed by atoms with E-state index in [4.69, 9.17) is 5.73 Å². The molecule has 2 aliphatic carbocycles. The van der Waals surface area contributed by atoms with Crippen LogP contribution in [0.3, 0.4) is 0 Å². The van der Waals surface area contributed by atoms with Crippen LogP contribution in [0.2, 0.25) is 0 Å². The van der Waals surface area contributed by atoms with Gasteiger partial charge in [0.25, 0.3) is 0 Å². The minimum atomic E-state index is -0.234. The smallest absolute Gasteiger partial charge is 0.223 e. The van der Waals surface area contributed by atoms with Crippen LogP contribution in [0.15, 0.2) is 0 Å². The average molecular weight is 240 g/mol. The summed E-state index contributed by atoms with van der Waals surface area (Å²) in [5, 5.41) is 12.7. The largest absolute Gasteiger partial charge is 0.393 e. The van der Waals surface area contributed by atoms with Gasteiger partial charge in [-0.15, -0.1) is 0 Å². The molecule has 0 aromatic rings. The van der Waals surface area contributed by atoms with Crippen molar-refractivity contribution < 1.29 is 9.90 Å². The molecule has 2 aliphatic rings. The Morgan fingerprint density at radius 3 is 2.59 bits per heavy atom. The molecule has 4 N–H and O–H groups in total. The molecule has 0 aromatic heterocycles. The maximum absolute atomic E-state index is 12.1. The first-order chi connectivity index (χ1) is 8.15. The van der Waals surface area contributed by atoms with Crippen molar-refractivity contribution in [3.8, 4) is 0 Å². The monoisotopic (exact) mass is 240 g/mol. The van der Waals surface area contributed by atoms with Gasteiger partial charge in [-0.05, 0) is 44.9 Å². The molecule has 1 amide bonds. The fourth-order valence-electron chi connectivity index (χ4n) is 3.08. The quantitative estimate of drug-likeness (QED) is 0.672. The van der Waals surface area contributed by atoms with Crippen LogP contribution in [-0.4, -0.2) is 29.2 Å². The van der Waals surface area contributed by atoms with Crippen LogP contribution in [0.5, 0.6) is 0 Å². The van der Waals surface area contributed by atoms with Gasteiger partial charge in [-0.1, -0.05) is 6.42 Å². The molecule has 4 atom stereocenters. The normalized spacial score (nSPS) is 38.7. The maximum atomic E-state index is 12.1. The molecular formula is C13H24N2O2. The Kier molecular flexibility index (Phi) is 4.40. The molecule has 4 nitrogen and oxygen atoms in total. The van der Waals surface area contributed by atoms with Crippen molar-refractivity contribution in [3.63, 3.8) is 0 Å². The summed E-state index contributed by atoms with van der Waals surface area (Å²) < 4.78 is 0. The SMILES string of the molecule is NC1CCCC(C(=O)NC2CCCC(O)C2)C1. The van der Waals surface area contributed by atoms with Gasteiger partial charge >= 0.3 is 0 Å². The first-order valence-electron chi connectivity index (χ1n) is 6.89. The van der Waals surface area contributed by atoms with E-state index in [2.05, 4.69) is 5.32 Å². The molecule has 4 unspecified atom stereocenters. The number of rotatable bonds is 2. The molecule has 2 rings (SSSR count). The van der Waals surface area contributed by atoms with Crippen molar-refractivity contribution in [3.05, 3.63) is 0 Å². The summed E-state index contributed by atoms with van der Waals surface area (Å²) in [5.41, 5.74) is 5.90. The number of aliphatic hydroxyl groups is 1. The van der Waals surface area contributed by atoms with Crippen LogP contribution in [0, 0.1) is 5.92 Å². The van der Waals surface area contributed by atoms with Gasteiger partial charge in [-0.3, -0.25) is 4.79 Å². The molecule has 2 fully saturated rings. The van der Waals surface area contributed by atoms with E-state index < -0.39 is 0 Å². The highest BCUT2D eigenvalue weighted by atomic mass is 16.3. The number of hydrogen-bond acceptors (Lipinski definition) is 3. The number of hydrogen-bond donors (Lipinski definition) is 3. The summed E-state index contributed by atoms with van der Waals surface area (Å²) in [6.45, 7) is 0. The molecule has 0 saturated heterocycles. The lowest BCUT2D eigenvalue weighted by molar-refractivity contribution is -0.127. The van der Waals surface area contributed by atoms with Crippen molar-refractivity contribution in [1.29, 1.82) is 0 Å². The summed E-state index contributed by atoms with van der Waals surface area (Å²) in [7, 11) is 0. The Balaban J connectivity index is 1.79. The van der Waals surface area contributed by atoms with E-state index in [-0.39, 0.29) is 30.0 Å². The van der Waals surface area contributed by atoms with E-state index in [1.54, 1.807) is 0 Å². The zero-order valence-corrected chi connectivity index (χ0v) is 10.4. The number of aliphatic hydroxyl groups excluding tert-OH is 1. The summed E-state index contributed by atoms with van der Waals surface area (Å²) in [4.78, 5) is 12.1. The lowest BCUT2D eigenvalue weighted by atomic mass is 9.85. The van der Waals surface area contributed by atoms with Crippen LogP contribution in [-0.2, 0) is 4.79 Å². The Bertz CT molecular complexity index is 270. The average Bonchev–Trinajstić information content (AvgIpc) is 2.29. The van der Waals surface area contributed by atoms with E-state index in [1.807, 2.05) is 0 Å². The second-order valence-corrected chi connectivity index (χ2v) is 5.65. The van der Waals surface area contributed by atoms with Crippen molar-refractivity contribution in [2.24, 2.45) is 11.7 Å². The molecule has 0 heterocycles. The van der Waals surface area contributed by atoms with Crippen molar-refractivity contribution in [2.75, 3.05) is 0 Å². The van der Waals surface area contributed by atoms with E-state index in [9.17, 15) is 9.90 Å². The highest BCUT2D eigenvalue weighted by Crippen LogP contribution is 2.24. The highest BCUT2D eigenvalue weighted by molar-refractivity contribution is 5.79. The lowest BCUT2D eigenvalue weighted by Crippen LogP contribution is -2.44. The standard InChI is InChI=1S/C13H24N2O2/c14-10-4-1-3-9(7-10)13(17)15-11-5-2-6-12(16)8-11/h9-12,16H,1-8,14H2,(H,15,17). The summed E-state index contributed by atoms with van der Waals surface area (Å²) in [6, 6.07) is 0.362.